The lowest BCUT2D eigenvalue weighted by molar-refractivity contribution is 0.221. The molecule has 1 saturated heterocycles. The van der Waals surface area contributed by atoms with Crippen LogP contribution in [-0.2, 0) is 11.2 Å². The molecule has 140 valence electrons. The fourth-order valence-electron chi connectivity index (χ4n) is 3.20. The van der Waals surface area contributed by atoms with Crippen molar-refractivity contribution in [3.05, 3.63) is 65.0 Å². The molecule has 0 saturated carbocycles. The van der Waals surface area contributed by atoms with E-state index >= 15 is 0 Å². The molecule has 0 amide bonds. The molecule has 1 aliphatic rings. The lowest BCUT2D eigenvalue weighted by Crippen LogP contribution is -2.44. The van der Waals surface area contributed by atoms with Crippen molar-refractivity contribution in [1.82, 2.24) is 10.3 Å². The van der Waals surface area contributed by atoms with Gasteiger partial charge in [0.25, 0.3) is 0 Å². The SMILES string of the molecule is CC#Cc1ccnc(N2CCNCC2)c1/C=C(\C)OCCc1ccccc1. The number of ether oxygens (including phenoxy) is 1. The summed E-state index contributed by atoms with van der Waals surface area (Å²) in [5, 5.41) is 3.39. The van der Waals surface area contributed by atoms with E-state index in [1.165, 1.54) is 5.56 Å². The molecule has 0 radical (unpaired) electrons. The van der Waals surface area contributed by atoms with Gasteiger partial charge in [-0.05, 0) is 31.6 Å². The predicted molar refractivity (Wildman–Crippen MR) is 112 cm³/mol. The molecule has 4 nitrogen and oxygen atoms in total. The van der Waals surface area contributed by atoms with E-state index in [2.05, 4.69) is 57.4 Å². The number of anilines is 1. The lowest BCUT2D eigenvalue weighted by Gasteiger charge is -2.30. The van der Waals surface area contributed by atoms with Gasteiger partial charge in [0.05, 0.1) is 12.4 Å². The van der Waals surface area contributed by atoms with Crippen molar-refractivity contribution >= 4 is 11.9 Å². The molecule has 4 heteroatoms. The van der Waals surface area contributed by atoms with E-state index in [0.717, 1.165) is 55.3 Å². The summed E-state index contributed by atoms with van der Waals surface area (Å²) in [7, 11) is 0. The molecule has 1 aromatic heterocycles. The van der Waals surface area contributed by atoms with E-state index < -0.39 is 0 Å². The first-order valence-electron chi connectivity index (χ1n) is 9.50. The summed E-state index contributed by atoms with van der Waals surface area (Å²) >= 11 is 0. The molecule has 1 fully saturated rings. The van der Waals surface area contributed by atoms with Crippen LogP contribution in [0.1, 0.15) is 30.5 Å². The van der Waals surface area contributed by atoms with E-state index in [4.69, 9.17) is 4.74 Å². The number of hydrogen-bond acceptors (Lipinski definition) is 4. The molecule has 0 bridgehead atoms. The van der Waals surface area contributed by atoms with Gasteiger partial charge in [-0.15, -0.1) is 5.92 Å². The minimum absolute atomic E-state index is 0.657. The smallest absolute Gasteiger partial charge is 0.137 e. The van der Waals surface area contributed by atoms with Crippen molar-refractivity contribution in [3.63, 3.8) is 0 Å². The first-order chi connectivity index (χ1) is 13.3. The number of benzene rings is 1. The van der Waals surface area contributed by atoms with Crippen LogP contribution in [0.25, 0.3) is 6.08 Å². The number of rotatable bonds is 6. The molecule has 1 N–H and O–H groups in total. The summed E-state index contributed by atoms with van der Waals surface area (Å²) in [6.07, 6.45) is 4.82. The zero-order valence-electron chi connectivity index (χ0n) is 16.2. The number of allylic oxidation sites excluding steroid dienone is 1. The van der Waals surface area contributed by atoms with E-state index in [9.17, 15) is 0 Å². The molecule has 0 spiro atoms. The van der Waals surface area contributed by atoms with Crippen LogP contribution in [0.5, 0.6) is 0 Å². The topological polar surface area (TPSA) is 37.4 Å². The minimum Gasteiger partial charge on any atom is -0.498 e. The molecular formula is C23H27N3O. The quantitative estimate of drug-likeness (QED) is 0.631. The van der Waals surface area contributed by atoms with Crippen LogP contribution in [0.3, 0.4) is 0 Å². The maximum atomic E-state index is 5.98. The predicted octanol–water partition coefficient (Wildman–Crippen LogP) is 3.48. The van der Waals surface area contributed by atoms with Gasteiger partial charge in [0.2, 0.25) is 0 Å². The molecule has 2 aromatic rings. The highest BCUT2D eigenvalue weighted by Gasteiger charge is 2.17. The van der Waals surface area contributed by atoms with Gasteiger partial charge < -0.3 is 15.0 Å². The number of nitrogens with zero attached hydrogens (tertiary/aromatic N) is 2. The van der Waals surface area contributed by atoms with Gasteiger partial charge in [0.1, 0.15) is 5.82 Å². The summed E-state index contributed by atoms with van der Waals surface area (Å²) < 4.78 is 5.98. The minimum atomic E-state index is 0.657. The molecule has 0 unspecified atom stereocenters. The number of hydrogen-bond donors (Lipinski definition) is 1. The maximum Gasteiger partial charge on any atom is 0.137 e. The Morgan fingerprint density at radius 1 is 1.22 bits per heavy atom. The van der Waals surface area contributed by atoms with Gasteiger partial charge in [-0.2, -0.15) is 0 Å². The Kier molecular flexibility index (Phi) is 6.90. The highest BCUT2D eigenvalue weighted by molar-refractivity contribution is 5.71. The second-order valence-electron chi connectivity index (χ2n) is 6.55. The molecule has 0 aliphatic carbocycles. The van der Waals surface area contributed by atoms with Crippen LogP contribution >= 0.6 is 0 Å². The number of aromatic nitrogens is 1. The van der Waals surface area contributed by atoms with Gasteiger partial charge in [-0.1, -0.05) is 36.3 Å². The fraction of sp³-hybridized carbons (Fsp3) is 0.348. The summed E-state index contributed by atoms with van der Waals surface area (Å²) in [6.45, 7) is 8.37. The summed E-state index contributed by atoms with van der Waals surface area (Å²) in [4.78, 5) is 6.98. The Labute approximate surface area is 162 Å². The molecule has 1 aromatic carbocycles. The van der Waals surface area contributed by atoms with Crippen LogP contribution in [0.2, 0.25) is 0 Å². The van der Waals surface area contributed by atoms with Crippen LogP contribution in [0, 0.1) is 11.8 Å². The zero-order valence-corrected chi connectivity index (χ0v) is 16.2. The fourth-order valence-corrected chi connectivity index (χ4v) is 3.20. The zero-order chi connectivity index (χ0) is 18.9. The summed E-state index contributed by atoms with van der Waals surface area (Å²) in [5.41, 5.74) is 3.32. The highest BCUT2D eigenvalue weighted by Crippen LogP contribution is 2.24. The molecule has 27 heavy (non-hydrogen) atoms. The van der Waals surface area contributed by atoms with Crippen LogP contribution in [-0.4, -0.2) is 37.8 Å². The second-order valence-corrected chi connectivity index (χ2v) is 6.55. The Morgan fingerprint density at radius 2 is 2.00 bits per heavy atom. The maximum absolute atomic E-state index is 5.98. The number of pyridine rings is 1. The van der Waals surface area contributed by atoms with Gasteiger partial charge >= 0.3 is 0 Å². The Hall–Kier alpha value is -2.77. The molecule has 1 aliphatic heterocycles. The van der Waals surface area contributed by atoms with Crippen molar-refractivity contribution in [3.8, 4) is 11.8 Å². The van der Waals surface area contributed by atoms with Gasteiger partial charge in [0.15, 0.2) is 0 Å². The number of piperazine rings is 1. The molecular weight excluding hydrogens is 334 g/mol. The highest BCUT2D eigenvalue weighted by atomic mass is 16.5. The second kappa shape index (κ2) is 9.80. The third-order valence-electron chi connectivity index (χ3n) is 4.56. The standard InChI is InChI=1S/C23H27N3O/c1-3-7-21-10-12-25-23(26-15-13-24-14-16-26)22(21)18-19(2)27-17-11-20-8-5-4-6-9-20/h4-6,8-10,12,18,24H,11,13-17H2,1-2H3/b19-18+. The van der Waals surface area contributed by atoms with Gasteiger partial charge in [0, 0.05) is 49.9 Å². The molecule has 2 heterocycles. The average molecular weight is 361 g/mol. The summed E-state index contributed by atoms with van der Waals surface area (Å²) in [6, 6.07) is 12.4. The van der Waals surface area contributed by atoms with Crippen LogP contribution in [0.15, 0.2) is 48.4 Å². The normalized spacial score (nSPS) is 14.4. The average Bonchev–Trinajstić information content (AvgIpc) is 2.71. The first kappa shape index (κ1) is 19.0. The van der Waals surface area contributed by atoms with Crippen molar-refractivity contribution in [1.29, 1.82) is 0 Å². The van der Waals surface area contributed by atoms with E-state index in [-0.39, 0.29) is 0 Å². The number of nitrogens with one attached hydrogen (secondary N) is 1. The van der Waals surface area contributed by atoms with E-state index in [0.29, 0.717) is 6.61 Å². The Bertz CT molecular complexity index is 828. The Morgan fingerprint density at radius 3 is 2.74 bits per heavy atom. The summed E-state index contributed by atoms with van der Waals surface area (Å²) in [5.74, 6) is 8.10. The Balaban J connectivity index is 1.77. The van der Waals surface area contributed by atoms with E-state index in [1.807, 2.05) is 32.2 Å². The first-order valence-corrected chi connectivity index (χ1v) is 9.50. The lowest BCUT2D eigenvalue weighted by atomic mass is 10.1. The third-order valence-corrected chi connectivity index (χ3v) is 4.56. The molecule has 3 rings (SSSR count). The van der Waals surface area contributed by atoms with Gasteiger partial charge in [-0.3, -0.25) is 0 Å². The van der Waals surface area contributed by atoms with Crippen LogP contribution < -0.4 is 10.2 Å². The van der Waals surface area contributed by atoms with Crippen molar-refractivity contribution in [2.24, 2.45) is 0 Å². The van der Waals surface area contributed by atoms with Gasteiger partial charge in [-0.25, -0.2) is 4.98 Å². The monoisotopic (exact) mass is 361 g/mol. The van der Waals surface area contributed by atoms with Crippen molar-refractivity contribution < 1.29 is 4.74 Å². The van der Waals surface area contributed by atoms with Crippen molar-refractivity contribution in [2.75, 3.05) is 37.7 Å². The van der Waals surface area contributed by atoms with Crippen molar-refractivity contribution in [2.45, 2.75) is 20.3 Å². The third kappa shape index (κ3) is 5.35. The van der Waals surface area contributed by atoms with Crippen LogP contribution in [0.4, 0.5) is 5.82 Å². The molecule has 0 atom stereocenters. The largest absolute Gasteiger partial charge is 0.498 e. The van der Waals surface area contributed by atoms with E-state index in [1.54, 1.807) is 0 Å².